The van der Waals surface area contributed by atoms with Gasteiger partial charge in [-0.1, -0.05) is 11.6 Å². The third-order valence-corrected chi connectivity index (χ3v) is 1.87. The molecule has 0 aromatic carbocycles. The fourth-order valence-electron chi connectivity index (χ4n) is 0.825. The Balaban J connectivity index is 3.17. The van der Waals surface area contributed by atoms with Crippen LogP contribution in [0.25, 0.3) is 0 Å². The van der Waals surface area contributed by atoms with Crippen LogP contribution in [0.4, 0.5) is 0 Å². The minimum atomic E-state index is -1.05. The summed E-state index contributed by atoms with van der Waals surface area (Å²) in [5, 5.41) is 9.55. The standard InChI is InChI=1S/C7H9ClN2O/c1-4-5(8)2-3-10-6(4)7(9)11/h2-3,7,11H,9H2,1H3. The molecule has 60 valence electrons. The highest BCUT2D eigenvalue weighted by Gasteiger charge is 2.08. The van der Waals surface area contributed by atoms with Crippen molar-refractivity contribution in [3.8, 4) is 0 Å². The molecule has 1 atom stereocenters. The van der Waals surface area contributed by atoms with E-state index in [9.17, 15) is 0 Å². The molecule has 4 heteroatoms. The number of halogens is 1. The van der Waals surface area contributed by atoms with Crippen molar-refractivity contribution in [3.63, 3.8) is 0 Å². The van der Waals surface area contributed by atoms with Gasteiger partial charge in [0, 0.05) is 11.2 Å². The zero-order valence-electron chi connectivity index (χ0n) is 6.08. The van der Waals surface area contributed by atoms with E-state index in [2.05, 4.69) is 4.98 Å². The van der Waals surface area contributed by atoms with Crippen LogP contribution in [0.1, 0.15) is 17.5 Å². The average Bonchev–Trinajstić information content (AvgIpc) is 1.94. The Morgan fingerprint density at radius 3 is 2.82 bits per heavy atom. The molecule has 1 unspecified atom stereocenters. The van der Waals surface area contributed by atoms with Gasteiger partial charge in [0.15, 0.2) is 0 Å². The number of rotatable bonds is 1. The molecule has 0 spiro atoms. The lowest BCUT2D eigenvalue weighted by Gasteiger charge is -2.07. The molecule has 0 saturated heterocycles. The van der Waals surface area contributed by atoms with Gasteiger partial charge in [-0.2, -0.15) is 0 Å². The Morgan fingerprint density at radius 2 is 2.36 bits per heavy atom. The van der Waals surface area contributed by atoms with Crippen LogP contribution in [0.5, 0.6) is 0 Å². The average molecular weight is 173 g/mol. The molecule has 0 saturated carbocycles. The van der Waals surface area contributed by atoms with E-state index in [4.69, 9.17) is 22.4 Å². The quantitative estimate of drug-likeness (QED) is 0.622. The summed E-state index contributed by atoms with van der Waals surface area (Å²) < 4.78 is 0. The van der Waals surface area contributed by atoms with Gasteiger partial charge in [-0.15, -0.1) is 0 Å². The zero-order valence-corrected chi connectivity index (χ0v) is 6.84. The van der Waals surface area contributed by atoms with Crippen molar-refractivity contribution in [2.45, 2.75) is 13.2 Å². The van der Waals surface area contributed by atoms with Gasteiger partial charge in [0.2, 0.25) is 0 Å². The molecule has 0 amide bonds. The Kier molecular flexibility index (Phi) is 2.44. The predicted octanol–water partition coefficient (Wildman–Crippen LogP) is 0.993. The van der Waals surface area contributed by atoms with Crippen molar-refractivity contribution < 1.29 is 5.11 Å². The van der Waals surface area contributed by atoms with Crippen molar-refractivity contribution in [1.29, 1.82) is 0 Å². The third kappa shape index (κ3) is 1.68. The van der Waals surface area contributed by atoms with Gasteiger partial charge in [0.25, 0.3) is 0 Å². The number of nitrogens with two attached hydrogens (primary N) is 1. The van der Waals surface area contributed by atoms with Crippen molar-refractivity contribution in [1.82, 2.24) is 4.98 Å². The number of aliphatic hydroxyl groups is 1. The van der Waals surface area contributed by atoms with Crippen LogP contribution in [-0.2, 0) is 0 Å². The van der Waals surface area contributed by atoms with Gasteiger partial charge in [-0.3, -0.25) is 4.98 Å². The molecule has 1 aromatic rings. The zero-order chi connectivity index (χ0) is 8.43. The highest BCUT2D eigenvalue weighted by Crippen LogP contribution is 2.18. The number of hydrogen-bond acceptors (Lipinski definition) is 3. The van der Waals surface area contributed by atoms with Gasteiger partial charge in [0.1, 0.15) is 6.23 Å². The lowest BCUT2D eigenvalue weighted by molar-refractivity contribution is 0.180. The number of hydrogen-bond donors (Lipinski definition) is 2. The van der Waals surface area contributed by atoms with Crippen LogP contribution in [0.2, 0.25) is 5.02 Å². The fraction of sp³-hybridized carbons (Fsp3) is 0.286. The summed E-state index contributed by atoms with van der Waals surface area (Å²) in [6, 6.07) is 1.66. The summed E-state index contributed by atoms with van der Waals surface area (Å²) in [5.74, 6) is 0. The van der Waals surface area contributed by atoms with Crippen molar-refractivity contribution in [3.05, 3.63) is 28.5 Å². The van der Waals surface area contributed by atoms with Crippen LogP contribution in [0.15, 0.2) is 12.3 Å². The van der Waals surface area contributed by atoms with Crippen LogP contribution in [0.3, 0.4) is 0 Å². The lowest BCUT2D eigenvalue weighted by Crippen LogP contribution is -2.12. The molecule has 0 aliphatic carbocycles. The monoisotopic (exact) mass is 172 g/mol. The molecule has 3 N–H and O–H groups in total. The molecule has 1 heterocycles. The third-order valence-electron chi connectivity index (χ3n) is 1.46. The largest absolute Gasteiger partial charge is 0.373 e. The Labute approximate surface area is 69.8 Å². The van der Waals surface area contributed by atoms with Gasteiger partial charge < -0.3 is 10.8 Å². The van der Waals surface area contributed by atoms with Crippen molar-refractivity contribution in [2.24, 2.45) is 5.73 Å². The minimum Gasteiger partial charge on any atom is -0.373 e. The Bertz CT molecular complexity index is 263. The van der Waals surface area contributed by atoms with Gasteiger partial charge >= 0.3 is 0 Å². The minimum absolute atomic E-state index is 0.428. The van der Waals surface area contributed by atoms with E-state index in [-0.39, 0.29) is 0 Å². The van der Waals surface area contributed by atoms with E-state index in [0.29, 0.717) is 10.7 Å². The first-order chi connectivity index (χ1) is 5.13. The normalized spacial score (nSPS) is 13.1. The summed E-state index contributed by atoms with van der Waals surface area (Å²) in [6.07, 6.45) is 0.467. The Hall–Kier alpha value is -0.640. The van der Waals surface area contributed by atoms with Crippen LogP contribution in [0, 0.1) is 6.92 Å². The number of nitrogens with zero attached hydrogens (tertiary/aromatic N) is 1. The van der Waals surface area contributed by atoms with E-state index >= 15 is 0 Å². The van der Waals surface area contributed by atoms with Gasteiger partial charge in [-0.05, 0) is 18.6 Å². The molecule has 1 aromatic heterocycles. The molecule has 1 rings (SSSR count). The van der Waals surface area contributed by atoms with E-state index in [1.807, 2.05) is 0 Å². The van der Waals surface area contributed by atoms with Crippen LogP contribution < -0.4 is 5.73 Å². The van der Waals surface area contributed by atoms with Gasteiger partial charge in [0.05, 0.1) is 5.69 Å². The first-order valence-electron chi connectivity index (χ1n) is 3.17. The smallest absolute Gasteiger partial charge is 0.145 e. The van der Waals surface area contributed by atoms with E-state index in [1.165, 1.54) is 6.20 Å². The second-order valence-corrected chi connectivity index (χ2v) is 2.66. The SMILES string of the molecule is Cc1c(Cl)ccnc1C(N)O. The Morgan fingerprint density at radius 1 is 1.73 bits per heavy atom. The van der Waals surface area contributed by atoms with Gasteiger partial charge in [-0.25, -0.2) is 0 Å². The summed E-state index contributed by atoms with van der Waals surface area (Å²) >= 11 is 5.75. The maximum absolute atomic E-state index is 8.99. The maximum atomic E-state index is 8.99. The highest BCUT2D eigenvalue weighted by atomic mass is 35.5. The highest BCUT2D eigenvalue weighted by molar-refractivity contribution is 6.31. The second-order valence-electron chi connectivity index (χ2n) is 2.25. The van der Waals surface area contributed by atoms with Crippen molar-refractivity contribution >= 4 is 11.6 Å². The molecule has 0 aliphatic rings. The van der Waals surface area contributed by atoms with E-state index in [0.717, 1.165) is 5.56 Å². The number of pyridine rings is 1. The summed E-state index contributed by atoms with van der Waals surface area (Å²) in [4.78, 5) is 3.88. The summed E-state index contributed by atoms with van der Waals surface area (Å²) in [5.41, 5.74) is 6.37. The van der Waals surface area contributed by atoms with E-state index < -0.39 is 6.23 Å². The topological polar surface area (TPSA) is 59.1 Å². The lowest BCUT2D eigenvalue weighted by atomic mass is 10.2. The molecular weight excluding hydrogens is 164 g/mol. The van der Waals surface area contributed by atoms with Crippen LogP contribution >= 0.6 is 11.6 Å². The molecule has 3 nitrogen and oxygen atoms in total. The summed E-state index contributed by atoms with van der Waals surface area (Å²) in [6.45, 7) is 1.76. The molecule has 0 fully saturated rings. The van der Waals surface area contributed by atoms with Crippen molar-refractivity contribution in [2.75, 3.05) is 0 Å². The number of aromatic nitrogens is 1. The maximum Gasteiger partial charge on any atom is 0.145 e. The fourth-order valence-corrected chi connectivity index (χ4v) is 0.979. The number of aliphatic hydroxyl groups excluding tert-OH is 1. The summed E-state index contributed by atoms with van der Waals surface area (Å²) in [7, 11) is 0. The second kappa shape index (κ2) is 3.17. The first kappa shape index (κ1) is 8.46. The van der Waals surface area contributed by atoms with Crippen LogP contribution in [-0.4, -0.2) is 10.1 Å². The molecular formula is C7H9ClN2O. The molecule has 0 aliphatic heterocycles. The van der Waals surface area contributed by atoms with E-state index in [1.54, 1.807) is 13.0 Å². The molecule has 0 radical (unpaired) electrons. The molecule has 0 bridgehead atoms. The molecule has 11 heavy (non-hydrogen) atoms. The first-order valence-corrected chi connectivity index (χ1v) is 3.55. The predicted molar refractivity (Wildman–Crippen MR) is 43.1 cm³/mol.